The smallest absolute Gasteiger partial charge is 0.109 e. The van der Waals surface area contributed by atoms with Crippen LogP contribution in [0.5, 0.6) is 0 Å². The highest BCUT2D eigenvalue weighted by atomic mass is 32.2. The molecule has 1 rings (SSSR count). The highest BCUT2D eigenvalue weighted by Gasteiger charge is 2.05. The number of rotatable bonds is 4. The number of thioether (sulfide) groups is 1. The van der Waals surface area contributed by atoms with Gasteiger partial charge in [0.15, 0.2) is 0 Å². The van der Waals surface area contributed by atoms with E-state index in [4.69, 9.17) is 11.2 Å². The first-order chi connectivity index (χ1) is 8.69. The Labute approximate surface area is 114 Å². The molecule has 94 valence electrons. The Balaban J connectivity index is 2.77. The van der Waals surface area contributed by atoms with Gasteiger partial charge < -0.3 is 4.74 Å². The molecule has 0 amide bonds. The topological polar surface area (TPSA) is 9.23 Å². The van der Waals surface area contributed by atoms with Crippen LogP contribution in [-0.4, -0.2) is 19.5 Å². The summed E-state index contributed by atoms with van der Waals surface area (Å²) in [7, 11) is 0. The Bertz CT molecular complexity index is 486. The van der Waals surface area contributed by atoms with E-state index in [0.717, 1.165) is 5.56 Å². The van der Waals surface area contributed by atoms with E-state index in [0.29, 0.717) is 19.1 Å². The normalized spacial score (nSPS) is 9.72. The van der Waals surface area contributed by atoms with Crippen LogP contribution >= 0.6 is 11.8 Å². The molecule has 0 fully saturated rings. The van der Waals surface area contributed by atoms with Crippen LogP contribution in [0.1, 0.15) is 30.9 Å². The summed E-state index contributed by atoms with van der Waals surface area (Å²) in [5.74, 6) is 8.99. The lowest BCUT2D eigenvalue weighted by Crippen LogP contribution is -1.92. The Kier molecular flexibility index (Phi) is 6.44. The van der Waals surface area contributed by atoms with E-state index in [-0.39, 0.29) is 0 Å². The molecule has 18 heavy (non-hydrogen) atoms. The van der Waals surface area contributed by atoms with Gasteiger partial charge in [-0.3, -0.25) is 0 Å². The van der Waals surface area contributed by atoms with Crippen molar-refractivity contribution in [3.63, 3.8) is 0 Å². The predicted molar refractivity (Wildman–Crippen MR) is 78.8 cm³/mol. The highest BCUT2D eigenvalue weighted by Crippen LogP contribution is 2.27. The van der Waals surface area contributed by atoms with Gasteiger partial charge in [0, 0.05) is 10.5 Å². The predicted octanol–water partition coefficient (Wildman–Crippen LogP) is 3.53. The largest absolute Gasteiger partial charge is 0.356 e. The van der Waals surface area contributed by atoms with Crippen molar-refractivity contribution in [2.45, 2.75) is 24.7 Å². The van der Waals surface area contributed by atoms with Crippen molar-refractivity contribution in [3.05, 3.63) is 29.3 Å². The Morgan fingerprint density at radius 1 is 1.33 bits per heavy atom. The molecule has 1 aromatic carbocycles. The van der Waals surface area contributed by atoms with E-state index >= 15 is 0 Å². The molecule has 0 N–H and O–H groups in total. The van der Waals surface area contributed by atoms with E-state index in [9.17, 15) is 0 Å². The van der Waals surface area contributed by atoms with Gasteiger partial charge in [0.1, 0.15) is 13.2 Å². The average molecular weight is 258 g/mol. The van der Waals surface area contributed by atoms with Crippen molar-refractivity contribution in [2.24, 2.45) is 0 Å². The zero-order valence-electron chi connectivity index (χ0n) is 11.1. The third-order valence-electron chi connectivity index (χ3n) is 2.45. The lowest BCUT2D eigenvalue weighted by atomic mass is 10.0. The third kappa shape index (κ3) is 4.49. The summed E-state index contributed by atoms with van der Waals surface area (Å²) < 4.78 is 5.11. The summed E-state index contributed by atoms with van der Waals surface area (Å²) in [6, 6.07) is 6.35. The van der Waals surface area contributed by atoms with Crippen LogP contribution in [0.2, 0.25) is 0 Å². The molecule has 0 aromatic heterocycles. The Morgan fingerprint density at radius 3 is 2.72 bits per heavy atom. The molecule has 1 aromatic rings. The summed E-state index contributed by atoms with van der Waals surface area (Å²) in [4.78, 5) is 1.29. The monoisotopic (exact) mass is 258 g/mol. The molecule has 0 aliphatic heterocycles. The molecule has 0 radical (unpaired) electrons. The number of hydrogen-bond donors (Lipinski definition) is 0. The van der Waals surface area contributed by atoms with Gasteiger partial charge >= 0.3 is 0 Å². The van der Waals surface area contributed by atoms with Crippen LogP contribution in [0.15, 0.2) is 23.1 Å². The molecule has 0 bridgehead atoms. The van der Waals surface area contributed by atoms with E-state index in [2.05, 4.69) is 56.1 Å². The second kappa shape index (κ2) is 7.88. The van der Waals surface area contributed by atoms with Gasteiger partial charge in [-0.05, 0) is 29.9 Å². The third-order valence-corrected chi connectivity index (χ3v) is 3.24. The van der Waals surface area contributed by atoms with Crippen LogP contribution in [-0.2, 0) is 4.74 Å². The Morgan fingerprint density at radius 2 is 2.11 bits per heavy atom. The van der Waals surface area contributed by atoms with Crippen LogP contribution < -0.4 is 0 Å². The second-order valence-electron chi connectivity index (χ2n) is 4.11. The quantitative estimate of drug-likeness (QED) is 0.464. The number of terminal acetylenes is 1. The van der Waals surface area contributed by atoms with Gasteiger partial charge in [-0.15, -0.1) is 18.2 Å². The molecule has 0 saturated carbocycles. The average Bonchev–Trinajstić information content (AvgIpc) is 2.38. The molecule has 1 nitrogen and oxygen atoms in total. The molecular weight excluding hydrogens is 240 g/mol. The molecule has 0 aliphatic carbocycles. The zero-order valence-corrected chi connectivity index (χ0v) is 11.9. The highest BCUT2D eigenvalue weighted by molar-refractivity contribution is 7.98. The van der Waals surface area contributed by atoms with Crippen molar-refractivity contribution in [1.29, 1.82) is 0 Å². The standard InChI is InChI=1S/C16H18OS/c1-5-10-17-11-6-7-14-8-9-15(13(2)3)16(12-14)18-4/h1,8-9,12-13H,10-11H2,2-4H3. The van der Waals surface area contributed by atoms with Crippen LogP contribution in [0.25, 0.3) is 0 Å². The SMILES string of the molecule is C#CCOCC#Cc1ccc(C(C)C)c(SC)c1. The maximum atomic E-state index is 5.11. The molecule has 2 heteroatoms. The van der Waals surface area contributed by atoms with Crippen LogP contribution in [0.3, 0.4) is 0 Å². The first-order valence-electron chi connectivity index (χ1n) is 5.87. The minimum absolute atomic E-state index is 0.316. The minimum atomic E-state index is 0.316. The molecule has 0 spiro atoms. The Hall–Kier alpha value is -1.35. The van der Waals surface area contributed by atoms with E-state index in [1.807, 2.05) is 0 Å². The van der Waals surface area contributed by atoms with Crippen molar-refractivity contribution in [3.8, 4) is 24.2 Å². The van der Waals surface area contributed by atoms with Crippen LogP contribution in [0, 0.1) is 24.2 Å². The summed E-state index contributed by atoms with van der Waals surface area (Å²) in [6.45, 7) is 5.10. The van der Waals surface area contributed by atoms with Crippen LogP contribution in [0.4, 0.5) is 0 Å². The van der Waals surface area contributed by atoms with Gasteiger partial charge in [0.2, 0.25) is 0 Å². The van der Waals surface area contributed by atoms with E-state index in [1.165, 1.54) is 10.5 Å². The minimum Gasteiger partial charge on any atom is -0.356 e. The summed E-state index contributed by atoms with van der Waals surface area (Å²) >= 11 is 1.76. The lowest BCUT2D eigenvalue weighted by Gasteiger charge is -2.10. The van der Waals surface area contributed by atoms with E-state index < -0.39 is 0 Å². The zero-order chi connectivity index (χ0) is 13.4. The van der Waals surface area contributed by atoms with Crippen molar-refractivity contribution in [2.75, 3.05) is 19.5 Å². The molecule has 0 aliphatic rings. The van der Waals surface area contributed by atoms with Gasteiger partial charge in [-0.1, -0.05) is 37.7 Å². The first kappa shape index (κ1) is 14.7. The summed E-state index contributed by atoms with van der Waals surface area (Å²) in [5.41, 5.74) is 2.39. The number of ether oxygens (including phenoxy) is 1. The summed E-state index contributed by atoms with van der Waals surface area (Å²) in [6.07, 6.45) is 7.17. The lowest BCUT2D eigenvalue weighted by molar-refractivity contribution is 0.205. The summed E-state index contributed by atoms with van der Waals surface area (Å²) in [5, 5.41) is 0. The number of hydrogen-bond acceptors (Lipinski definition) is 2. The van der Waals surface area contributed by atoms with Gasteiger partial charge in [0.25, 0.3) is 0 Å². The fourth-order valence-electron chi connectivity index (χ4n) is 1.57. The van der Waals surface area contributed by atoms with Crippen molar-refractivity contribution < 1.29 is 4.74 Å². The molecule has 0 atom stereocenters. The van der Waals surface area contributed by atoms with Crippen molar-refractivity contribution in [1.82, 2.24) is 0 Å². The molecule has 0 heterocycles. The fourth-order valence-corrected chi connectivity index (χ4v) is 2.35. The molecule has 0 unspecified atom stereocenters. The van der Waals surface area contributed by atoms with Crippen molar-refractivity contribution >= 4 is 11.8 Å². The number of benzene rings is 1. The molecular formula is C16H18OS. The van der Waals surface area contributed by atoms with E-state index in [1.54, 1.807) is 11.8 Å². The first-order valence-corrected chi connectivity index (χ1v) is 7.09. The van der Waals surface area contributed by atoms with Gasteiger partial charge in [-0.25, -0.2) is 0 Å². The molecule has 0 saturated heterocycles. The maximum absolute atomic E-state index is 5.11. The maximum Gasteiger partial charge on any atom is 0.109 e. The van der Waals surface area contributed by atoms with Gasteiger partial charge in [-0.2, -0.15) is 0 Å². The van der Waals surface area contributed by atoms with Gasteiger partial charge in [0.05, 0.1) is 0 Å². The second-order valence-corrected chi connectivity index (χ2v) is 4.96. The fraction of sp³-hybridized carbons (Fsp3) is 0.375.